The molecule has 0 aliphatic carbocycles. The molecule has 1 aromatic rings. The van der Waals surface area contributed by atoms with Crippen LogP contribution in [0.3, 0.4) is 0 Å². The zero-order valence-corrected chi connectivity index (χ0v) is 11.2. The Kier molecular flexibility index (Phi) is 5.03. The zero-order valence-electron chi connectivity index (χ0n) is 8.76. The van der Waals surface area contributed by atoms with Crippen molar-refractivity contribution in [1.82, 2.24) is 5.32 Å². The van der Waals surface area contributed by atoms with Gasteiger partial charge in [-0.2, -0.15) is 8.78 Å². The lowest BCUT2D eigenvalue weighted by atomic mass is 10.2. The molecule has 0 saturated carbocycles. The van der Waals surface area contributed by atoms with Gasteiger partial charge < -0.3 is 5.32 Å². The van der Waals surface area contributed by atoms with Crippen molar-refractivity contribution in [3.8, 4) is 0 Å². The molecule has 0 atom stereocenters. The van der Waals surface area contributed by atoms with Gasteiger partial charge in [-0.05, 0) is 34.1 Å². The van der Waals surface area contributed by atoms with Gasteiger partial charge in [0.05, 0.1) is 12.1 Å². The number of hydrogen-bond acceptors (Lipinski definition) is 2. The van der Waals surface area contributed by atoms with E-state index in [1.165, 1.54) is 12.1 Å². The molecule has 0 aromatic heterocycles. The SMILES string of the molecule is O=C(NCC(F)(F)C(F)F)c1cc(S)ccc1Br. The van der Waals surface area contributed by atoms with Crippen LogP contribution >= 0.6 is 28.6 Å². The maximum absolute atomic E-state index is 12.6. The van der Waals surface area contributed by atoms with E-state index in [0.29, 0.717) is 9.37 Å². The number of amides is 1. The molecule has 0 saturated heterocycles. The lowest BCUT2D eigenvalue weighted by Gasteiger charge is -2.16. The summed E-state index contributed by atoms with van der Waals surface area (Å²) < 4.78 is 49.4. The second-order valence-corrected chi connectivity index (χ2v) is 4.78. The summed E-state index contributed by atoms with van der Waals surface area (Å²) >= 11 is 7.03. The summed E-state index contributed by atoms with van der Waals surface area (Å²) in [5.41, 5.74) is 0.0487. The van der Waals surface area contributed by atoms with Crippen LogP contribution < -0.4 is 5.32 Å². The molecule has 1 aromatic carbocycles. The fraction of sp³-hybridized carbons (Fsp3) is 0.300. The van der Waals surface area contributed by atoms with E-state index in [0.717, 1.165) is 0 Å². The molecule has 0 aliphatic rings. The zero-order chi connectivity index (χ0) is 13.9. The largest absolute Gasteiger partial charge is 0.346 e. The highest BCUT2D eigenvalue weighted by atomic mass is 79.9. The van der Waals surface area contributed by atoms with Gasteiger partial charge in [-0.25, -0.2) is 8.78 Å². The van der Waals surface area contributed by atoms with Gasteiger partial charge in [0, 0.05) is 9.37 Å². The number of halogens is 5. The summed E-state index contributed by atoms with van der Waals surface area (Å²) in [5.74, 6) is -5.13. The highest BCUT2D eigenvalue weighted by Crippen LogP contribution is 2.23. The van der Waals surface area contributed by atoms with Crippen LogP contribution in [0, 0.1) is 0 Å². The first-order valence-corrected chi connectivity index (χ1v) is 5.91. The van der Waals surface area contributed by atoms with Crippen molar-refractivity contribution in [2.45, 2.75) is 17.2 Å². The summed E-state index contributed by atoms with van der Waals surface area (Å²) in [5, 5.41) is 1.76. The standard InChI is InChI=1S/C10H8BrF4NOS/c11-7-2-1-5(18)3-6(7)8(17)16-4-10(14,15)9(12)13/h1-3,9,18H,4H2,(H,16,17). The van der Waals surface area contributed by atoms with E-state index in [1.54, 1.807) is 11.4 Å². The predicted molar refractivity (Wildman–Crippen MR) is 64.7 cm³/mol. The van der Waals surface area contributed by atoms with Crippen LogP contribution in [0.4, 0.5) is 17.6 Å². The third-order valence-electron chi connectivity index (χ3n) is 2.00. The fourth-order valence-corrected chi connectivity index (χ4v) is 1.69. The Morgan fingerprint density at radius 1 is 1.44 bits per heavy atom. The van der Waals surface area contributed by atoms with Gasteiger partial charge in [-0.1, -0.05) is 0 Å². The molecule has 1 N–H and O–H groups in total. The molecule has 0 radical (unpaired) electrons. The van der Waals surface area contributed by atoms with Crippen molar-refractivity contribution in [2.24, 2.45) is 0 Å². The topological polar surface area (TPSA) is 29.1 Å². The molecule has 0 unspecified atom stereocenters. The fourth-order valence-electron chi connectivity index (χ4n) is 1.06. The Morgan fingerprint density at radius 3 is 2.61 bits per heavy atom. The van der Waals surface area contributed by atoms with E-state index >= 15 is 0 Å². The smallest absolute Gasteiger partial charge is 0.324 e. The van der Waals surface area contributed by atoms with Crippen LogP contribution in [-0.4, -0.2) is 24.8 Å². The molecule has 1 rings (SSSR count). The van der Waals surface area contributed by atoms with Crippen molar-refractivity contribution in [3.05, 3.63) is 28.2 Å². The number of rotatable bonds is 4. The molecule has 2 nitrogen and oxygen atoms in total. The Morgan fingerprint density at radius 2 is 2.06 bits per heavy atom. The number of benzene rings is 1. The molecule has 0 aliphatic heterocycles. The van der Waals surface area contributed by atoms with Crippen LogP contribution in [0.1, 0.15) is 10.4 Å². The number of hydrogen-bond donors (Lipinski definition) is 2. The summed E-state index contributed by atoms with van der Waals surface area (Å²) in [6.45, 7) is -1.42. The lowest BCUT2D eigenvalue weighted by molar-refractivity contribution is -0.123. The van der Waals surface area contributed by atoms with Crippen LogP contribution in [0.2, 0.25) is 0 Å². The summed E-state index contributed by atoms with van der Waals surface area (Å²) in [6, 6.07) is 4.42. The van der Waals surface area contributed by atoms with Crippen molar-refractivity contribution in [1.29, 1.82) is 0 Å². The number of carbonyl (C=O) groups excluding carboxylic acids is 1. The van der Waals surface area contributed by atoms with Gasteiger partial charge in [0.2, 0.25) is 0 Å². The maximum Gasteiger partial charge on any atom is 0.324 e. The second-order valence-electron chi connectivity index (χ2n) is 3.41. The van der Waals surface area contributed by atoms with Crippen LogP contribution in [0.5, 0.6) is 0 Å². The third kappa shape index (κ3) is 3.88. The Bertz CT molecular complexity index is 456. The molecule has 100 valence electrons. The molecular weight excluding hydrogens is 338 g/mol. The van der Waals surface area contributed by atoms with E-state index in [4.69, 9.17) is 0 Å². The molecular formula is C10H8BrF4NOS. The van der Waals surface area contributed by atoms with Crippen molar-refractivity contribution in [3.63, 3.8) is 0 Å². The van der Waals surface area contributed by atoms with Gasteiger partial charge in [-0.3, -0.25) is 4.79 Å². The highest BCUT2D eigenvalue weighted by Gasteiger charge is 2.40. The average Bonchev–Trinajstić information content (AvgIpc) is 2.29. The Labute approximate surface area is 114 Å². The van der Waals surface area contributed by atoms with Gasteiger partial charge in [0.25, 0.3) is 5.91 Å². The van der Waals surface area contributed by atoms with Gasteiger partial charge in [-0.15, -0.1) is 12.6 Å². The van der Waals surface area contributed by atoms with Crippen molar-refractivity contribution in [2.75, 3.05) is 6.54 Å². The third-order valence-corrected chi connectivity index (χ3v) is 2.97. The summed E-state index contributed by atoms with van der Waals surface area (Å²) in [7, 11) is 0. The summed E-state index contributed by atoms with van der Waals surface area (Å²) in [6.07, 6.45) is -3.82. The Hall–Kier alpha value is -0.760. The van der Waals surface area contributed by atoms with E-state index in [1.807, 2.05) is 0 Å². The van der Waals surface area contributed by atoms with E-state index in [-0.39, 0.29) is 5.56 Å². The van der Waals surface area contributed by atoms with E-state index in [2.05, 4.69) is 28.6 Å². The normalized spacial score (nSPS) is 11.7. The van der Waals surface area contributed by atoms with E-state index < -0.39 is 24.8 Å². The number of carbonyl (C=O) groups is 1. The van der Waals surface area contributed by atoms with Crippen molar-refractivity contribution >= 4 is 34.5 Å². The molecule has 0 spiro atoms. The Balaban J connectivity index is 2.75. The van der Waals surface area contributed by atoms with Crippen LogP contribution in [0.15, 0.2) is 27.6 Å². The molecule has 8 heteroatoms. The summed E-state index contributed by atoms with van der Waals surface area (Å²) in [4.78, 5) is 12.0. The first kappa shape index (κ1) is 15.3. The monoisotopic (exact) mass is 345 g/mol. The van der Waals surface area contributed by atoms with Gasteiger partial charge in [0.15, 0.2) is 0 Å². The average molecular weight is 346 g/mol. The minimum Gasteiger partial charge on any atom is -0.346 e. The van der Waals surface area contributed by atoms with E-state index in [9.17, 15) is 22.4 Å². The second kappa shape index (κ2) is 5.92. The molecule has 18 heavy (non-hydrogen) atoms. The molecule has 0 bridgehead atoms. The minimum atomic E-state index is -4.25. The number of nitrogens with one attached hydrogen (secondary N) is 1. The number of thiol groups is 1. The predicted octanol–water partition coefficient (Wildman–Crippen LogP) is 3.37. The minimum absolute atomic E-state index is 0.0487. The maximum atomic E-state index is 12.6. The quantitative estimate of drug-likeness (QED) is 0.635. The molecule has 0 heterocycles. The van der Waals surface area contributed by atoms with Crippen LogP contribution in [0.25, 0.3) is 0 Å². The highest BCUT2D eigenvalue weighted by molar-refractivity contribution is 9.10. The lowest BCUT2D eigenvalue weighted by Crippen LogP contribution is -2.41. The first-order chi connectivity index (χ1) is 8.24. The first-order valence-electron chi connectivity index (χ1n) is 4.66. The molecule has 1 amide bonds. The molecule has 0 fully saturated rings. The van der Waals surface area contributed by atoms with Crippen LogP contribution in [-0.2, 0) is 0 Å². The van der Waals surface area contributed by atoms with Crippen molar-refractivity contribution < 1.29 is 22.4 Å². The number of alkyl halides is 4. The van der Waals surface area contributed by atoms with Gasteiger partial charge >= 0.3 is 12.3 Å². The van der Waals surface area contributed by atoms with Gasteiger partial charge in [0.1, 0.15) is 0 Å².